The number of amides is 3. The molecule has 32 heavy (non-hydrogen) atoms. The van der Waals surface area contributed by atoms with Crippen molar-refractivity contribution < 1.29 is 19.1 Å². The number of nitrogens with zero attached hydrogens (tertiary/aromatic N) is 1. The molecule has 1 unspecified atom stereocenters. The van der Waals surface area contributed by atoms with Crippen LogP contribution in [0.1, 0.15) is 36.7 Å². The fourth-order valence-electron chi connectivity index (χ4n) is 3.03. The fraction of sp³-hybridized carbons (Fsp3) is 0.320. The van der Waals surface area contributed by atoms with Crippen molar-refractivity contribution in [2.24, 2.45) is 5.92 Å². The van der Waals surface area contributed by atoms with Crippen LogP contribution in [0.15, 0.2) is 48.5 Å². The zero-order chi connectivity index (χ0) is 23.7. The minimum absolute atomic E-state index is 0.165. The SMILES string of the molecule is C#Cc1cccc(NC(=O)CN(C)C(=O)C(NC(=O)c2ccc(OCC)cc2)C(C)C)c1. The minimum atomic E-state index is -0.781. The van der Waals surface area contributed by atoms with Gasteiger partial charge in [0, 0.05) is 23.9 Å². The molecule has 1 atom stereocenters. The molecule has 0 spiro atoms. The van der Waals surface area contributed by atoms with Crippen LogP contribution in [-0.2, 0) is 9.59 Å². The molecule has 0 fully saturated rings. The van der Waals surface area contributed by atoms with E-state index in [9.17, 15) is 14.4 Å². The van der Waals surface area contributed by atoms with Gasteiger partial charge < -0.3 is 20.3 Å². The Morgan fingerprint density at radius 2 is 1.81 bits per heavy atom. The average Bonchev–Trinajstić information content (AvgIpc) is 2.77. The van der Waals surface area contributed by atoms with Crippen LogP contribution >= 0.6 is 0 Å². The Hall–Kier alpha value is -3.79. The smallest absolute Gasteiger partial charge is 0.251 e. The van der Waals surface area contributed by atoms with Crippen LogP contribution in [0.2, 0.25) is 0 Å². The van der Waals surface area contributed by atoms with Gasteiger partial charge in [0.15, 0.2) is 0 Å². The summed E-state index contributed by atoms with van der Waals surface area (Å²) < 4.78 is 5.38. The van der Waals surface area contributed by atoms with Gasteiger partial charge >= 0.3 is 0 Å². The van der Waals surface area contributed by atoms with Crippen molar-refractivity contribution >= 4 is 23.4 Å². The highest BCUT2D eigenvalue weighted by Gasteiger charge is 2.28. The van der Waals surface area contributed by atoms with Gasteiger partial charge in [0.1, 0.15) is 11.8 Å². The Kier molecular flexibility index (Phi) is 8.84. The molecular formula is C25H29N3O4. The number of likely N-dealkylation sites (N-methyl/N-ethyl adjacent to an activating group) is 1. The van der Waals surface area contributed by atoms with Crippen molar-refractivity contribution in [3.8, 4) is 18.1 Å². The second-order valence-electron chi connectivity index (χ2n) is 7.62. The van der Waals surface area contributed by atoms with Crippen molar-refractivity contribution in [1.82, 2.24) is 10.2 Å². The average molecular weight is 436 g/mol. The summed E-state index contributed by atoms with van der Waals surface area (Å²) >= 11 is 0. The third-order valence-electron chi connectivity index (χ3n) is 4.72. The number of benzene rings is 2. The van der Waals surface area contributed by atoms with Crippen molar-refractivity contribution in [1.29, 1.82) is 0 Å². The van der Waals surface area contributed by atoms with Crippen LogP contribution in [0.5, 0.6) is 5.75 Å². The first-order valence-electron chi connectivity index (χ1n) is 10.4. The summed E-state index contributed by atoms with van der Waals surface area (Å²) in [5, 5.41) is 5.50. The molecule has 0 saturated heterocycles. The van der Waals surface area contributed by atoms with Crippen LogP contribution in [0, 0.1) is 18.3 Å². The molecule has 2 rings (SSSR count). The van der Waals surface area contributed by atoms with Crippen LogP contribution in [0.25, 0.3) is 0 Å². The predicted octanol–water partition coefficient (Wildman–Crippen LogP) is 2.92. The first-order valence-corrected chi connectivity index (χ1v) is 10.4. The Morgan fingerprint density at radius 3 is 2.41 bits per heavy atom. The Morgan fingerprint density at radius 1 is 1.12 bits per heavy atom. The van der Waals surface area contributed by atoms with E-state index in [1.54, 1.807) is 48.5 Å². The van der Waals surface area contributed by atoms with E-state index in [1.165, 1.54) is 11.9 Å². The lowest BCUT2D eigenvalue weighted by atomic mass is 10.0. The lowest BCUT2D eigenvalue weighted by Gasteiger charge is -2.27. The van der Waals surface area contributed by atoms with Gasteiger partial charge in [-0.05, 0) is 55.3 Å². The summed E-state index contributed by atoms with van der Waals surface area (Å²) in [5.74, 6) is 1.91. The maximum Gasteiger partial charge on any atom is 0.251 e. The normalized spacial score (nSPS) is 11.2. The molecule has 168 valence electrons. The van der Waals surface area contributed by atoms with Gasteiger partial charge in [-0.3, -0.25) is 14.4 Å². The van der Waals surface area contributed by atoms with Gasteiger partial charge in [-0.1, -0.05) is 25.8 Å². The number of nitrogens with one attached hydrogen (secondary N) is 2. The molecule has 0 saturated carbocycles. The Bertz CT molecular complexity index is 993. The van der Waals surface area contributed by atoms with Crippen molar-refractivity contribution in [3.05, 3.63) is 59.7 Å². The molecule has 0 bridgehead atoms. The molecule has 0 radical (unpaired) electrons. The molecule has 3 amide bonds. The third-order valence-corrected chi connectivity index (χ3v) is 4.72. The van der Waals surface area contributed by atoms with Crippen molar-refractivity contribution in [3.63, 3.8) is 0 Å². The Balaban J connectivity index is 2.00. The molecule has 0 aliphatic carbocycles. The first kappa shape index (κ1) is 24.5. The molecule has 2 N–H and O–H groups in total. The number of anilines is 1. The lowest BCUT2D eigenvalue weighted by molar-refractivity contribution is -0.135. The fourth-order valence-corrected chi connectivity index (χ4v) is 3.03. The summed E-state index contributed by atoms with van der Waals surface area (Å²) in [6, 6.07) is 12.8. The summed E-state index contributed by atoms with van der Waals surface area (Å²) in [5.41, 5.74) is 1.61. The quantitative estimate of drug-likeness (QED) is 0.593. The van der Waals surface area contributed by atoms with E-state index in [1.807, 2.05) is 20.8 Å². The third kappa shape index (κ3) is 6.88. The molecule has 2 aromatic carbocycles. The van der Waals surface area contributed by atoms with Crippen molar-refractivity contribution in [2.75, 3.05) is 25.5 Å². The molecule has 2 aromatic rings. The number of rotatable bonds is 9. The standard InChI is InChI=1S/C25H29N3O4/c1-6-18-9-8-10-20(15-18)26-22(29)16-28(5)25(31)23(17(3)4)27-24(30)19-11-13-21(14-12-19)32-7-2/h1,8-15,17,23H,7,16H2,2-5H3,(H,26,29)(H,27,30). The molecular weight excluding hydrogens is 406 g/mol. The van der Waals surface area contributed by atoms with Crippen LogP contribution in [0.3, 0.4) is 0 Å². The monoisotopic (exact) mass is 435 g/mol. The van der Waals surface area contributed by atoms with E-state index in [-0.39, 0.29) is 30.2 Å². The van der Waals surface area contributed by atoms with E-state index in [4.69, 9.17) is 11.2 Å². The molecule has 7 nitrogen and oxygen atoms in total. The van der Waals surface area contributed by atoms with Gasteiger partial charge in [-0.2, -0.15) is 0 Å². The highest BCUT2D eigenvalue weighted by atomic mass is 16.5. The van der Waals surface area contributed by atoms with Crippen molar-refractivity contribution in [2.45, 2.75) is 26.8 Å². The summed E-state index contributed by atoms with van der Waals surface area (Å²) in [4.78, 5) is 39.3. The second-order valence-corrected chi connectivity index (χ2v) is 7.62. The molecule has 7 heteroatoms. The van der Waals surface area contributed by atoms with E-state index in [0.717, 1.165) is 0 Å². The van der Waals surface area contributed by atoms with Crippen LogP contribution < -0.4 is 15.4 Å². The number of carbonyl (C=O) groups excluding carboxylic acids is 3. The molecule has 0 aromatic heterocycles. The highest BCUT2D eigenvalue weighted by molar-refractivity contribution is 5.99. The zero-order valence-electron chi connectivity index (χ0n) is 18.8. The second kappa shape index (κ2) is 11.6. The number of hydrogen-bond acceptors (Lipinski definition) is 4. The molecule has 0 aliphatic heterocycles. The number of carbonyl (C=O) groups is 3. The molecule has 0 aliphatic rings. The summed E-state index contributed by atoms with van der Waals surface area (Å²) in [6.07, 6.45) is 5.38. The predicted molar refractivity (Wildman–Crippen MR) is 124 cm³/mol. The maximum absolute atomic E-state index is 13.0. The number of ether oxygens (including phenoxy) is 1. The van der Waals surface area contributed by atoms with E-state index in [0.29, 0.717) is 29.2 Å². The Labute approximate surface area is 189 Å². The topological polar surface area (TPSA) is 87.7 Å². The highest BCUT2D eigenvalue weighted by Crippen LogP contribution is 2.14. The van der Waals surface area contributed by atoms with E-state index < -0.39 is 6.04 Å². The zero-order valence-corrected chi connectivity index (χ0v) is 18.8. The van der Waals surface area contributed by atoms with Crippen LogP contribution in [0.4, 0.5) is 5.69 Å². The first-order chi connectivity index (χ1) is 15.2. The largest absolute Gasteiger partial charge is 0.494 e. The van der Waals surface area contributed by atoms with Crippen LogP contribution in [-0.4, -0.2) is 48.9 Å². The number of terminal acetylenes is 1. The summed E-state index contributed by atoms with van der Waals surface area (Å²) in [7, 11) is 1.53. The van der Waals surface area contributed by atoms with Gasteiger partial charge in [0.25, 0.3) is 5.91 Å². The minimum Gasteiger partial charge on any atom is -0.494 e. The molecule has 0 heterocycles. The van der Waals surface area contributed by atoms with Gasteiger partial charge in [-0.15, -0.1) is 6.42 Å². The number of hydrogen-bond donors (Lipinski definition) is 2. The van der Waals surface area contributed by atoms with E-state index >= 15 is 0 Å². The van der Waals surface area contributed by atoms with Gasteiger partial charge in [-0.25, -0.2) is 0 Å². The maximum atomic E-state index is 13.0. The van der Waals surface area contributed by atoms with E-state index in [2.05, 4.69) is 16.6 Å². The summed E-state index contributed by atoms with van der Waals surface area (Å²) in [6.45, 7) is 5.91. The van der Waals surface area contributed by atoms with Gasteiger partial charge in [0.2, 0.25) is 11.8 Å². The lowest BCUT2D eigenvalue weighted by Crippen LogP contribution is -2.51. The van der Waals surface area contributed by atoms with Gasteiger partial charge in [0.05, 0.1) is 13.2 Å².